The zero-order valence-corrected chi connectivity index (χ0v) is 24.3. The maximum absolute atomic E-state index is 14.6. The van der Waals surface area contributed by atoms with E-state index in [-0.39, 0.29) is 44.6 Å². The van der Waals surface area contributed by atoms with E-state index in [0.29, 0.717) is 10.8 Å². The van der Waals surface area contributed by atoms with Crippen molar-refractivity contribution < 1.29 is 27.6 Å². The van der Waals surface area contributed by atoms with E-state index in [1.54, 1.807) is 60.7 Å². The van der Waals surface area contributed by atoms with Crippen molar-refractivity contribution >= 4 is 63.1 Å². The molecule has 0 spiro atoms. The molecule has 0 saturated carbocycles. The fraction of sp³-hybridized carbons (Fsp3) is 0.179. The lowest BCUT2D eigenvalue weighted by Gasteiger charge is -2.44. The Balaban J connectivity index is 2.21. The third-order valence-electron chi connectivity index (χ3n) is 6.81. The third-order valence-corrected chi connectivity index (χ3v) is 11.1. The fourth-order valence-corrected chi connectivity index (χ4v) is 9.17. The van der Waals surface area contributed by atoms with E-state index >= 15 is 0 Å². The van der Waals surface area contributed by atoms with Crippen LogP contribution in [0.3, 0.4) is 0 Å². The highest BCUT2D eigenvalue weighted by molar-refractivity contribution is 7.93. The summed E-state index contributed by atoms with van der Waals surface area (Å²) in [5.74, 6) is -0.507. The lowest BCUT2D eigenvalue weighted by Crippen LogP contribution is -2.52. The molecule has 0 unspecified atom stereocenters. The molecule has 0 aliphatic heterocycles. The highest BCUT2D eigenvalue weighted by Crippen LogP contribution is 2.60. The summed E-state index contributed by atoms with van der Waals surface area (Å²) in [5, 5.41) is -1.29. The van der Waals surface area contributed by atoms with Crippen LogP contribution < -0.4 is 4.31 Å². The summed E-state index contributed by atoms with van der Waals surface area (Å²) in [6.45, 7) is 3.00. The molecule has 0 atom stereocenters. The Hall–Kier alpha value is -2.71. The van der Waals surface area contributed by atoms with Crippen molar-refractivity contribution in [1.82, 2.24) is 0 Å². The van der Waals surface area contributed by atoms with Crippen molar-refractivity contribution in [2.45, 2.75) is 36.9 Å². The maximum Gasteiger partial charge on any atom is 0.351 e. The minimum atomic E-state index is -5.20. The van der Waals surface area contributed by atoms with Gasteiger partial charge in [-0.3, -0.25) is 9.36 Å². The molecule has 4 aromatic rings. The van der Waals surface area contributed by atoms with Gasteiger partial charge in [-0.15, -0.1) is 0 Å². The zero-order valence-electron chi connectivity index (χ0n) is 21.1. The molecule has 2 N–H and O–H groups in total. The lowest BCUT2D eigenvalue weighted by molar-refractivity contribution is 0.103. The van der Waals surface area contributed by atoms with E-state index < -0.39 is 28.7 Å². The Labute approximate surface area is 237 Å². The average Bonchev–Trinajstić information content (AvgIpc) is 2.90. The summed E-state index contributed by atoms with van der Waals surface area (Å²) in [7, 11) is -9.97. The second kappa shape index (κ2) is 11.0. The van der Waals surface area contributed by atoms with Crippen LogP contribution >= 0.6 is 30.8 Å². The van der Waals surface area contributed by atoms with Gasteiger partial charge in [0.05, 0.1) is 10.6 Å². The Kier molecular flexibility index (Phi) is 8.29. The first-order chi connectivity index (χ1) is 18.4. The summed E-state index contributed by atoms with van der Waals surface area (Å²) in [5.41, 5.74) is 0.119. The topological polar surface area (TPSA) is 112 Å². The van der Waals surface area contributed by atoms with Crippen molar-refractivity contribution in [1.29, 1.82) is 0 Å². The second-order valence-corrected chi connectivity index (χ2v) is 13.6. The van der Waals surface area contributed by atoms with E-state index in [0.717, 1.165) is 16.4 Å². The van der Waals surface area contributed by atoms with Gasteiger partial charge in [-0.2, -0.15) is 0 Å². The molecule has 4 rings (SSSR count). The van der Waals surface area contributed by atoms with Gasteiger partial charge in [-0.1, -0.05) is 97.7 Å². The number of ketones is 1. The van der Waals surface area contributed by atoms with Crippen LogP contribution in [0.25, 0.3) is 10.8 Å². The van der Waals surface area contributed by atoms with Crippen LogP contribution in [-0.4, -0.2) is 29.3 Å². The first-order valence-corrected chi connectivity index (χ1v) is 15.9. The first kappa shape index (κ1) is 29.3. The van der Waals surface area contributed by atoms with Gasteiger partial charge in [-0.05, 0) is 42.5 Å². The molecule has 0 saturated heterocycles. The summed E-state index contributed by atoms with van der Waals surface area (Å²) in [4.78, 5) is 35.0. The van der Waals surface area contributed by atoms with Gasteiger partial charge >= 0.3 is 7.60 Å². The highest BCUT2D eigenvalue weighted by atomic mass is 35.5. The summed E-state index contributed by atoms with van der Waals surface area (Å²) < 4.78 is 43.1. The molecular formula is C28H26Cl2NO6PS. The number of halogens is 2. The van der Waals surface area contributed by atoms with Crippen LogP contribution in [0.5, 0.6) is 0 Å². The molecule has 0 fully saturated rings. The first-order valence-electron chi connectivity index (χ1n) is 12.1. The monoisotopic (exact) mass is 605 g/mol. The largest absolute Gasteiger partial charge is 0.351 e. The smallest absolute Gasteiger partial charge is 0.323 e. The van der Waals surface area contributed by atoms with Gasteiger partial charge in [-0.25, -0.2) is 12.7 Å². The molecular weight excluding hydrogens is 580 g/mol. The van der Waals surface area contributed by atoms with E-state index in [2.05, 4.69) is 0 Å². The van der Waals surface area contributed by atoms with Gasteiger partial charge in [0.1, 0.15) is 0 Å². The molecule has 7 nitrogen and oxygen atoms in total. The Bertz CT molecular complexity index is 1680. The second-order valence-electron chi connectivity index (χ2n) is 8.99. The summed E-state index contributed by atoms with van der Waals surface area (Å²) in [6, 6.07) is 21.9. The normalized spacial score (nSPS) is 12.5. The van der Waals surface area contributed by atoms with Crippen molar-refractivity contribution in [3.05, 3.63) is 106 Å². The van der Waals surface area contributed by atoms with Crippen LogP contribution in [0.4, 0.5) is 5.69 Å². The Morgan fingerprint density at radius 1 is 0.872 bits per heavy atom. The average molecular weight is 606 g/mol. The van der Waals surface area contributed by atoms with Crippen molar-refractivity contribution in [2.24, 2.45) is 0 Å². The van der Waals surface area contributed by atoms with Crippen molar-refractivity contribution in [2.75, 3.05) is 4.31 Å². The summed E-state index contributed by atoms with van der Waals surface area (Å²) in [6.07, 6.45) is -0.521. The molecule has 0 bridgehead atoms. The van der Waals surface area contributed by atoms with E-state index in [1.807, 2.05) is 0 Å². The molecule has 0 amide bonds. The number of hydrogen-bond donors (Lipinski definition) is 2. The van der Waals surface area contributed by atoms with Crippen LogP contribution in [0.15, 0.2) is 89.8 Å². The predicted molar refractivity (Wildman–Crippen MR) is 155 cm³/mol. The predicted octanol–water partition coefficient (Wildman–Crippen LogP) is 7.27. The lowest BCUT2D eigenvalue weighted by atomic mass is 9.96. The van der Waals surface area contributed by atoms with Crippen LogP contribution in [0, 0.1) is 0 Å². The number of anilines is 1. The third kappa shape index (κ3) is 5.25. The number of sulfonamides is 1. The standard InChI is InChI=1S/C28H26Cl2NO6PS/c1-3-28(4-2,38(33,34)35)31(39(36,37)23-17-21(29)16-22(30)18-23)26-24-13-9-8-10-19(24)14-15-25(26)27(32)20-11-6-5-7-12-20/h5-18H,3-4H2,1-2H3,(H2,33,34,35). The van der Waals surface area contributed by atoms with E-state index in [1.165, 1.54) is 26.0 Å². The van der Waals surface area contributed by atoms with Gasteiger partial charge in [0.2, 0.25) is 0 Å². The highest BCUT2D eigenvalue weighted by Gasteiger charge is 2.55. The number of benzene rings is 4. The fourth-order valence-electron chi connectivity index (χ4n) is 4.80. The van der Waals surface area contributed by atoms with Gasteiger partial charge < -0.3 is 9.79 Å². The van der Waals surface area contributed by atoms with Crippen LogP contribution in [0.2, 0.25) is 10.0 Å². The molecule has 0 heterocycles. The number of nitrogens with zero attached hydrogens (tertiary/aromatic N) is 1. The number of carbonyl (C=O) groups excluding carboxylic acids is 1. The molecule has 4 aromatic carbocycles. The van der Waals surface area contributed by atoms with Crippen molar-refractivity contribution in [3.8, 4) is 0 Å². The minimum absolute atomic E-state index is 0.0225. The van der Waals surface area contributed by atoms with E-state index in [9.17, 15) is 27.6 Å². The van der Waals surface area contributed by atoms with Crippen LogP contribution in [0.1, 0.15) is 42.6 Å². The Morgan fingerprint density at radius 2 is 1.44 bits per heavy atom. The SMILES string of the molecule is CCC(CC)(N(c1c(C(=O)c2ccccc2)ccc2ccccc12)S(=O)(=O)c1cc(Cl)cc(Cl)c1)P(=O)(O)O. The Morgan fingerprint density at radius 3 is 2.00 bits per heavy atom. The summed E-state index contributed by atoms with van der Waals surface area (Å²) >= 11 is 12.3. The minimum Gasteiger partial charge on any atom is -0.323 e. The van der Waals surface area contributed by atoms with Gasteiger partial charge in [0.25, 0.3) is 10.0 Å². The van der Waals surface area contributed by atoms with E-state index in [4.69, 9.17) is 23.2 Å². The van der Waals surface area contributed by atoms with Crippen molar-refractivity contribution in [3.63, 3.8) is 0 Å². The molecule has 11 heteroatoms. The van der Waals surface area contributed by atoms with Gasteiger partial charge in [0, 0.05) is 26.6 Å². The molecule has 0 radical (unpaired) electrons. The molecule has 204 valence electrons. The number of fused-ring (bicyclic) bond motifs is 1. The number of carbonyl (C=O) groups is 1. The van der Waals surface area contributed by atoms with Gasteiger partial charge in [0.15, 0.2) is 11.1 Å². The molecule has 0 aromatic heterocycles. The molecule has 0 aliphatic rings. The quantitative estimate of drug-likeness (QED) is 0.153. The molecule has 0 aliphatic carbocycles. The number of hydrogen-bond acceptors (Lipinski definition) is 4. The number of rotatable bonds is 9. The molecule has 39 heavy (non-hydrogen) atoms. The zero-order chi connectivity index (χ0) is 28.6. The van der Waals surface area contributed by atoms with Crippen LogP contribution in [-0.2, 0) is 14.6 Å². The maximum atomic E-state index is 14.6.